The number of hydrogen-bond donors (Lipinski definition) is 1. The molecule has 1 aliphatic rings. The molecule has 72 valence electrons. The van der Waals surface area contributed by atoms with Crippen molar-refractivity contribution in [3.05, 3.63) is 0 Å². The quantitative estimate of drug-likeness (QED) is 0.640. The summed E-state index contributed by atoms with van der Waals surface area (Å²) < 4.78 is 0. The molecule has 0 aliphatic heterocycles. The molecule has 1 heteroatoms. The van der Waals surface area contributed by atoms with E-state index >= 15 is 0 Å². The van der Waals surface area contributed by atoms with Gasteiger partial charge in [-0.3, -0.25) is 0 Å². The highest BCUT2D eigenvalue weighted by Crippen LogP contribution is 2.25. The van der Waals surface area contributed by atoms with E-state index in [0.717, 1.165) is 18.5 Å². The van der Waals surface area contributed by atoms with Gasteiger partial charge in [0.1, 0.15) is 0 Å². The average Bonchev–Trinajstić information content (AvgIpc) is 2.32. The van der Waals surface area contributed by atoms with E-state index in [1.807, 2.05) is 0 Å². The van der Waals surface area contributed by atoms with Gasteiger partial charge in [-0.25, -0.2) is 0 Å². The molecule has 0 unspecified atom stereocenters. The zero-order chi connectivity index (χ0) is 8.81. The molecule has 1 atom stereocenters. The lowest BCUT2D eigenvalue weighted by Gasteiger charge is -2.22. The first-order valence-electron chi connectivity index (χ1n) is 5.58. The van der Waals surface area contributed by atoms with Crippen molar-refractivity contribution in [2.45, 2.75) is 58.4 Å². The van der Waals surface area contributed by atoms with Crippen LogP contribution in [0.25, 0.3) is 0 Å². The van der Waals surface area contributed by atoms with Gasteiger partial charge in [0.25, 0.3) is 0 Å². The Labute approximate surface area is 76.9 Å². The van der Waals surface area contributed by atoms with Gasteiger partial charge in [-0.05, 0) is 32.2 Å². The SMILES string of the molecule is CCN[C@@H](C)C1CCCCCC1. The van der Waals surface area contributed by atoms with Gasteiger partial charge in [-0.2, -0.15) is 0 Å². The summed E-state index contributed by atoms with van der Waals surface area (Å²) in [5.41, 5.74) is 0. The zero-order valence-corrected chi connectivity index (χ0v) is 8.60. The van der Waals surface area contributed by atoms with E-state index in [0.29, 0.717) is 0 Å². The van der Waals surface area contributed by atoms with Gasteiger partial charge in [-0.15, -0.1) is 0 Å². The molecule has 1 aliphatic carbocycles. The highest BCUT2D eigenvalue weighted by Gasteiger charge is 2.17. The summed E-state index contributed by atoms with van der Waals surface area (Å²) in [5, 5.41) is 3.54. The smallest absolute Gasteiger partial charge is 0.00668 e. The molecule has 1 nitrogen and oxygen atoms in total. The number of nitrogens with one attached hydrogen (secondary N) is 1. The third-order valence-electron chi connectivity index (χ3n) is 3.13. The largest absolute Gasteiger partial charge is 0.314 e. The third-order valence-corrected chi connectivity index (χ3v) is 3.13. The van der Waals surface area contributed by atoms with Crippen molar-refractivity contribution in [2.75, 3.05) is 6.54 Å². The van der Waals surface area contributed by atoms with Gasteiger partial charge in [0.05, 0.1) is 0 Å². The topological polar surface area (TPSA) is 12.0 Å². The summed E-state index contributed by atoms with van der Waals surface area (Å²) in [6.45, 7) is 5.67. The van der Waals surface area contributed by atoms with E-state index < -0.39 is 0 Å². The van der Waals surface area contributed by atoms with Crippen molar-refractivity contribution in [2.24, 2.45) is 5.92 Å². The maximum atomic E-state index is 3.54. The van der Waals surface area contributed by atoms with Crippen molar-refractivity contribution < 1.29 is 0 Å². The maximum absolute atomic E-state index is 3.54. The van der Waals surface area contributed by atoms with Gasteiger partial charge >= 0.3 is 0 Å². The van der Waals surface area contributed by atoms with Gasteiger partial charge < -0.3 is 5.32 Å². The van der Waals surface area contributed by atoms with Crippen LogP contribution in [0.5, 0.6) is 0 Å². The van der Waals surface area contributed by atoms with E-state index in [4.69, 9.17) is 0 Å². The Hall–Kier alpha value is -0.0400. The Morgan fingerprint density at radius 3 is 2.25 bits per heavy atom. The molecule has 12 heavy (non-hydrogen) atoms. The molecule has 1 saturated carbocycles. The minimum absolute atomic E-state index is 0.744. The molecule has 0 amide bonds. The second-order valence-electron chi connectivity index (χ2n) is 4.10. The minimum atomic E-state index is 0.744. The standard InChI is InChI=1S/C11H23N/c1-3-12-10(2)11-8-6-4-5-7-9-11/h10-12H,3-9H2,1-2H3/t10-/m0/s1. The first-order valence-corrected chi connectivity index (χ1v) is 5.58. The predicted octanol–water partition coefficient (Wildman–Crippen LogP) is 2.95. The van der Waals surface area contributed by atoms with Gasteiger partial charge in [0.2, 0.25) is 0 Å². The van der Waals surface area contributed by atoms with E-state index in [1.54, 1.807) is 0 Å². The Morgan fingerprint density at radius 1 is 1.17 bits per heavy atom. The predicted molar refractivity (Wildman–Crippen MR) is 54.3 cm³/mol. The van der Waals surface area contributed by atoms with Crippen molar-refractivity contribution >= 4 is 0 Å². The maximum Gasteiger partial charge on any atom is 0.00668 e. The van der Waals surface area contributed by atoms with Crippen LogP contribution in [-0.4, -0.2) is 12.6 Å². The Morgan fingerprint density at radius 2 is 1.75 bits per heavy atom. The van der Waals surface area contributed by atoms with Crippen LogP contribution >= 0.6 is 0 Å². The normalized spacial score (nSPS) is 23.5. The Bertz CT molecular complexity index is 104. The number of hydrogen-bond acceptors (Lipinski definition) is 1. The van der Waals surface area contributed by atoms with Gasteiger partial charge in [0.15, 0.2) is 0 Å². The van der Waals surface area contributed by atoms with Crippen LogP contribution in [0.4, 0.5) is 0 Å². The molecule has 0 aromatic carbocycles. The Kier molecular flexibility index (Phi) is 4.67. The van der Waals surface area contributed by atoms with Crippen molar-refractivity contribution in [1.29, 1.82) is 0 Å². The fourth-order valence-electron chi connectivity index (χ4n) is 2.30. The molecule has 1 rings (SSSR count). The molecule has 0 saturated heterocycles. The first kappa shape index (κ1) is 10.0. The molecule has 0 aromatic heterocycles. The summed E-state index contributed by atoms with van der Waals surface area (Å²) in [6.07, 6.45) is 8.76. The second-order valence-corrected chi connectivity index (χ2v) is 4.10. The fourth-order valence-corrected chi connectivity index (χ4v) is 2.30. The first-order chi connectivity index (χ1) is 5.84. The van der Waals surface area contributed by atoms with Crippen LogP contribution in [-0.2, 0) is 0 Å². The second kappa shape index (κ2) is 5.58. The molecule has 0 bridgehead atoms. The summed E-state index contributed by atoms with van der Waals surface area (Å²) in [7, 11) is 0. The Balaban J connectivity index is 2.27. The van der Waals surface area contributed by atoms with Crippen molar-refractivity contribution in [1.82, 2.24) is 5.32 Å². The zero-order valence-electron chi connectivity index (χ0n) is 8.60. The fraction of sp³-hybridized carbons (Fsp3) is 1.00. The molecule has 0 aromatic rings. The van der Waals surface area contributed by atoms with Crippen molar-refractivity contribution in [3.63, 3.8) is 0 Å². The third kappa shape index (κ3) is 3.14. The van der Waals surface area contributed by atoms with Crippen LogP contribution in [0.3, 0.4) is 0 Å². The monoisotopic (exact) mass is 169 g/mol. The number of rotatable bonds is 3. The molecule has 0 radical (unpaired) electrons. The van der Waals surface area contributed by atoms with E-state index in [2.05, 4.69) is 19.2 Å². The average molecular weight is 169 g/mol. The van der Waals surface area contributed by atoms with Crippen LogP contribution in [0.15, 0.2) is 0 Å². The molecule has 1 N–H and O–H groups in total. The summed E-state index contributed by atoms with van der Waals surface area (Å²) in [5.74, 6) is 0.951. The van der Waals surface area contributed by atoms with Gasteiger partial charge in [-0.1, -0.05) is 32.6 Å². The van der Waals surface area contributed by atoms with E-state index in [-0.39, 0.29) is 0 Å². The molecule has 1 fully saturated rings. The lowest BCUT2D eigenvalue weighted by atomic mass is 9.93. The van der Waals surface area contributed by atoms with E-state index in [1.165, 1.54) is 38.5 Å². The highest BCUT2D eigenvalue weighted by molar-refractivity contribution is 4.74. The highest BCUT2D eigenvalue weighted by atomic mass is 14.9. The lowest BCUT2D eigenvalue weighted by Crippen LogP contribution is -2.33. The summed E-state index contributed by atoms with van der Waals surface area (Å²) >= 11 is 0. The summed E-state index contributed by atoms with van der Waals surface area (Å²) in [6, 6.07) is 0.744. The van der Waals surface area contributed by atoms with Crippen molar-refractivity contribution in [3.8, 4) is 0 Å². The minimum Gasteiger partial charge on any atom is -0.314 e. The van der Waals surface area contributed by atoms with Crippen LogP contribution in [0, 0.1) is 5.92 Å². The van der Waals surface area contributed by atoms with Crippen LogP contribution in [0.2, 0.25) is 0 Å². The van der Waals surface area contributed by atoms with E-state index in [9.17, 15) is 0 Å². The van der Waals surface area contributed by atoms with Crippen LogP contribution in [0.1, 0.15) is 52.4 Å². The molecular formula is C11H23N. The molecular weight excluding hydrogens is 146 g/mol. The summed E-state index contributed by atoms with van der Waals surface area (Å²) in [4.78, 5) is 0. The molecule has 0 spiro atoms. The van der Waals surface area contributed by atoms with Gasteiger partial charge in [0, 0.05) is 6.04 Å². The van der Waals surface area contributed by atoms with Crippen LogP contribution < -0.4 is 5.32 Å². The lowest BCUT2D eigenvalue weighted by molar-refractivity contribution is 0.343. The molecule has 0 heterocycles.